The van der Waals surface area contributed by atoms with E-state index in [-0.39, 0.29) is 12.3 Å². The molecule has 0 bridgehead atoms. The molecule has 1 fully saturated rings. The van der Waals surface area contributed by atoms with Gasteiger partial charge in [0, 0.05) is 22.3 Å². The van der Waals surface area contributed by atoms with Gasteiger partial charge >= 0.3 is 6.55 Å². The zero-order valence-electron chi connectivity index (χ0n) is 14.2. The Hall–Kier alpha value is -1.87. The van der Waals surface area contributed by atoms with Gasteiger partial charge in [0.15, 0.2) is 5.13 Å². The normalized spacial score (nSPS) is 15.7. The summed E-state index contributed by atoms with van der Waals surface area (Å²) in [4.78, 5) is 17.7. The molecule has 0 saturated carbocycles. The number of rotatable bonds is 5. The molecule has 0 unspecified atom stereocenters. The number of aryl methyl sites for hydroxylation is 1. The summed E-state index contributed by atoms with van der Waals surface area (Å²) in [6.07, 6.45) is 3.97. The fraction of sp³-hybridized carbons (Fsp3) is 0.562. The number of carbonyl (C=O) groups is 1. The summed E-state index contributed by atoms with van der Waals surface area (Å²) in [6.45, 7) is 2.47. The molecule has 1 saturated heterocycles. The number of hydrogen-bond donors (Lipinski definition) is 2. The van der Waals surface area contributed by atoms with Crippen molar-refractivity contribution < 1.29 is 13.6 Å². The average Bonchev–Trinajstić information content (AvgIpc) is 3.15. The quantitative estimate of drug-likeness (QED) is 0.850. The van der Waals surface area contributed by atoms with Crippen LogP contribution in [0.1, 0.15) is 47.1 Å². The number of carbonyl (C=O) groups excluding carboxylic acids is 1. The van der Waals surface area contributed by atoms with Crippen molar-refractivity contribution in [1.82, 2.24) is 20.1 Å². The lowest BCUT2D eigenvalue weighted by atomic mass is 9.97. The first-order valence-corrected chi connectivity index (χ1v) is 9.06. The van der Waals surface area contributed by atoms with E-state index in [4.69, 9.17) is 0 Å². The summed E-state index contributed by atoms with van der Waals surface area (Å²) in [5.41, 5.74) is 1.30. The van der Waals surface area contributed by atoms with E-state index in [1.165, 1.54) is 16.2 Å². The van der Waals surface area contributed by atoms with Crippen LogP contribution in [0.15, 0.2) is 6.20 Å². The topological polar surface area (TPSA) is 71.8 Å². The monoisotopic (exact) mass is 369 g/mol. The van der Waals surface area contributed by atoms with E-state index < -0.39 is 6.55 Å². The lowest BCUT2D eigenvalue weighted by Crippen LogP contribution is -2.26. The van der Waals surface area contributed by atoms with Crippen molar-refractivity contribution in [1.29, 1.82) is 0 Å². The number of anilines is 1. The third kappa shape index (κ3) is 4.04. The van der Waals surface area contributed by atoms with Crippen LogP contribution in [0, 0.1) is 13.8 Å². The van der Waals surface area contributed by atoms with E-state index in [1.54, 1.807) is 13.8 Å². The highest BCUT2D eigenvalue weighted by atomic mass is 32.1. The molecule has 1 amide bonds. The third-order valence-corrected chi connectivity index (χ3v) is 5.58. The molecule has 0 atom stereocenters. The van der Waals surface area contributed by atoms with E-state index in [2.05, 4.69) is 20.7 Å². The predicted molar refractivity (Wildman–Crippen MR) is 92.2 cm³/mol. The van der Waals surface area contributed by atoms with Gasteiger partial charge in [-0.3, -0.25) is 4.79 Å². The van der Waals surface area contributed by atoms with Gasteiger partial charge in [-0.25, -0.2) is 9.67 Å². The molecule has 9 heteroatoms. The second-order valence-electron chi connectivity index (χ2n) is 6.19. The fourth-order valence-corrected chi connectivity index (χ4v) is 4.11. The van der Waals surface area contributed by atoms with Gasteiger partial charge in [-0.05, 0) is 45.7 Å². The molecular weight excluding hydrogens is 348 g/mol. The van der Waals surface area contributed by atoms with Crippen molar-refractivity contribution in [3.63, 3.8) is 0 Å². The van der Waals surface area contributed by atoms with Crippen LogP contribution >= 0.6 is 11.3 Å². The first-order chi connectivity index (χ1) is 12.0. The highest BCUT2D eigenvalue weighted by molar-refractivity contribution is 7.15. The SMILES string of the molecule is Cc1nn(C(F)F)c(C)c1CC(=O)Nc1ncc(C2CCNCC2)s1. The number of nitrogens with zero attached hydrogens (tertiary/aromatic N) is 3. The molecule has 0 aliphatic carbocycles. The number of hydrogen-bond acceptors (Lipinski definition) is 5. The Labute approximate surface area is 148 Å². The van der Waals surface area contributed by atoms with Crippen molar-refractivity contribution >= 4 is 22.4 Å². The first kappa shape index (κ1) is 17.9. The third-order valence-electron chi connectivity index (χ3n) is 4.51. The Kier molecular flexibility index (Phi) is 5.43. The number of halogens is 2. The van der Waals surface area contributed by atoms with Gasteiger partial charge in [0.2, 0.25) is 5.91 Å². The molecular formula is C16H21F2N5OS. The van der Waals surface area contributed by atoms with Gasteiger partial charge in [-0.2, -0.15) is 13.9 Å². The van der Waals surface area contributed by atoms with Crippen LogP contribution in [0.25, 0.3) is 0 Å². The maximum Gasteiger partial charge on any atom is 0.333 e. The van der Waals surface area contributed by atoms with Gasteiger partial charge in [0.1, 0.15) is 0 Å². The summed E-state index contributed by atoms with van der Waals surface area (Å²) in [7, 11) is 0. The van der Waals surface area contributed by atoms with Crippen LogP contribution in [-0.2, 0) is 11.2 Å². The largest absolute Gasteiger partial charge is 0.333 e. The second kappa shape index (κ2) is 7.57. The molecule has 3 heterocycles. The Morgan fingerprint density at radius 1 is 1.44 bits per heavy atom. The summed E-state index contributed by atoms with van der Waals surface area (Å²) >= 11 is 1.49. The zero-order chi connectivity index (χ0) is 18.0. The number of amides is 1. The number of piperidine rings is 1. The smallest absolute Gasteiger partial charge is 0.317 e. The van der Waals surface area contributed by atoms with Crippen molar-refractivity contribution in [3.05, 3.63) is 28.0 Å². The number of aromatic nitrogens is 3. The van der Waals surface area contributed by atoms with E-state index in [0.717, 1.165) is 25.9 Å². The molecule has 2 aromatic rings. The zero-order valence-corrected chi connectivity index (χ0v) is 15.0. The van der Waals surface area contributed by atoms with Gasteiger partial charge in [0.05, 0.1) is 12.1 Å². The molecule has 2 N–H and O–H groups in total. The van der Waals surface area contributed by atoms with Gasteiger partial charge in [0.25, 0.3) is 0 Å². The van der Waals surface area contributed by atoms with Gasteiger partial charge in [-0.15, -0.1) is 11.3 Å². The summed E-state index contributed by atoms with van der Waals surface area (Å²) < 4.78 is 26.4. The highest BCUT2D eigenvalue weighted by Gasteiger charge is 2.21. The molecule has 1 aliphatic heterocycles. The molecule has 0 radical (unpaired) electrons. The molecule has 3 rings (SSSR count). The minimum Gasteiger partial charge on any atom is -0.317 e. The van der Waals surface area contributed by atoms with Gasteiger partial charge < -0.3 is 10.6 Å². The standard InChI is InChI=1S/C16H21F2N5OS/c1-9-12(10(2)23(22-9)15(17)18)7-14(24)21-16-20-8-13(25-16)11-3-5-19-6-4-11/h8,11,15,19H,3-7H2,1-2H3,(H,20,21,24). The fourth-order valence-electron chi connectivity index (χ4n) is 3.11. The minimum atomic E-state index is -2.71. The lowest BCUT2D eigenvalue weighted by molar-refractivity contribution is -0.115. The first-order valence-electron chi connectivity index (χ1n) is 8.24. The van der Waals surface area contributed by atoms with Crippen molar-refractivity contribution in [3.8, 4) is 0 Å². The maximum atomic E-state index is 12.9. The van der Waals surface area contributed by atoms with Crippen LogP contribution in [-0.4, -0.2) is 33.8 Å². The van der Waals surface area contributed by atoms with E-state index >= 15 is 0 Å². The molecule has 6 nitrogen and oxygen atoms in total. The lowest BCUT2D eigenvalue weighted by Gasteiger charge is -2.20. The Balaban J connectivity index is 1.64. The van der Waals surface area contributed by atoms with Crippen LogP contribution in [0.2, 0.25) is 0 Å². The van der Waals surface area contributed by atoms with Crippen LogP contribution in [0.4, 0.5) is 13.9 Å². The van der Waals surface area contributed by atoms with Crippen molar-refractivity contribution in [2.24, 2.45) is 0 Å². The molecule has 136 valence electrons. The maximum absolute atomic E-state index is 12.9. The average molecular weight is 369 g/mol. The number of nitrogens with one attached hydrogen (secondary N) is 2. The summed E-state index contributed by atoms with van der Waals surface area (Å²) in [5, 5.41) is 10.4. The van der Waals surface area contributed by atoms with E-state index in [1.807, 2.05) is 6.20 Å². The molecule has 0 spiro atoms. The number of alkyl halides is 2. The second-order valence-corrected chi connectivity index (χ2v) is 7.25. The van der Waals surface area contributed by atoms with Crippen LogP contribution in [0.5, 0.6) is 0 Å². The van der Waals surface area contributed by atoms with Crippen molar-refractivity contribution in [2.45, 2.75) is 45.6 Å². The van der Waals surface area contributed by atoms with Crippen LogP contribution < -0.4 is 10.6 Å². The van der Waals surface area contributed by atoms with Crippen LogP contribution in [0.3, 0.4) is 0 Å². The molecule has 1 aliphatic rings. The Morgan fingerprint density at radius 2 is 2.16 bits per heavy atom. The summed E-state index contributed by atoms with van der Waals surface area (Å²) in [6, 6.07) is 0. The number of thiazole rings is 1. The highest BCUT2D eigenvalue weighted by Crippen LogP contribution is 2.31. The van der Waals surface area contributed by atoms with E-state index in [9.17, 15) is 13.6 Å². The minimum absolute atomic E-state index is 0.00660. The van der Waals surface area contributed by atoms with E-state index in [0.29, 0.717) is 32.7 Å². The molecule has 25 heavy (non-hydrogen) atoms. The molecule has 0 aromatic carbocycles. The Bertz CT molecular complexity index is 752. The summed E-state index contributed by atoms with van der Waals surface area (Å²) in [5.74, 6) is 0.212. The van der Waals surface area contributed by atoms with Gasteiger partial charge in [-0.1, -0.05) is 0 Å². The molecule has 2 aromatic heterocycles. The Morgan fingerprint density at radius 3 is 2.80 bits per heavy atom. The van der Waals surface area contributed by atoms with Crippen molar-refractivity contribution in [2.75, 3.05) is 18.4 Å². The predicted octanol–water partition coefficient (Wildman–Crippen LogP) is 3.00.